The van der Waals surface area contributed by atoms with E-state index < -0.39 is 17.8 Å². The molecule has 3 aromatic carbocycles. The van der Waals surface area contributed by atoms with Gasteiger partial charge in [-0.2, -0.15) is 0 Å². The van der Waals surface area contributed by atoms with Crippen molar-refractivity contribution >= 4 is 64.0 Å². The van der Waals surface area contributed by atoms with Gasteiger partial charge < -0.3 is 15.4 Å². The second kappa shape index (κ2) is 12.1. The molecule has 3 aromatic rings. The van der Waals surface area contributed by atoms with Gasteiger partial charge in [-0.1, -0.05) is 48.7 Å². The summed E-state index contributed by atoms with van der Waals surface area (Å²) in [6, 6.07) is 17.5. The predicted octanol–water partition coefficient (Wildman–Crippen LogP) is 6.29. The Bertz CT molecular complexity index is 1480. The number of anilines is 3. The molecule has 0 radical (unpaired) electrons. The molecule has 0 saturated heterocycles. The first-order valence-corrected chi connectivity index (χ1v) is 13.0. The van der Waals surface area contributed by atoms with E-state index in [1.54, 1.807) is 36.4 Å². The molecule has 2 N–H and O–H groups in total. The van der Waals surface area contributed by atoms with E-state index in [1.165, 1.54) is 30.3 Å². The maximum atomic E-state index is 13.2. The monoisotopic (exact) mass is 565 g/mol. The Hall–Kier alpha value is -4.14. The lowest BCUT2D eigenvalue weighted by Gasteiger charge is -2.16. The van der Waals surface area contributed by atoms with Crippen molar-refractivity contribution < 1.29 is 23.9 Å². The lowest BCUT2D eigenvalue weighted by atomic mass is 10.1. The van der Waals surface area contributed by atoms with Crippen molar-refractivity contribution in [2.45, 2.75) is 26.7 Å². The van der Waals surface area contributed by atoms with Crippen LogP contribution in [0.3, 0.4) is 0 Å². The third kappa shape index (κ3) is 6.30. The number of amides is 3. The van der Waals surface area contributed by atoms with Crippen LogP contribution in [0.1, 0.15) is 46.0 Å². The average Bonchev–Trinajstić information content (AvgIpc) is 3.14. The van der Waals surface area contributed by atoms with Crippen LogP contribution in [0, 0.1) is 6.92 Å². The molecule has 200 valence electrons. The molecule has 0 fully saturated rings. The molecule has 0 aromatic heterocycles. The Labute approximate surface area is 235 Å². The van der Waals surface area contributed by atoms with Crippen molar-refractivity contribution in [1.29, 1.82) is 0 Å². The van der Waals surface area contributed by atoms with E-state index in [0.29, 0.717) is 34.1 Å². The van der Waals surface area contributed by atoms with Crippen molar-refractivity contribution in [2.24, 2.45) is 0 Å². The number of hydrogen-bond donors (Lipinski definition) is 2. The highest BCUT2D eigenvalue weighted by Gasteiger charge is 2.39. The van der Waals surface area contributed by atoms with Crippen molar-refractivity contribution in [2.75, 3.05) is 22.1 Å². The third-order valence-electron chi connectivity index (χ3n) is 5.96. The van der Waals surface area contributed by atoms with Gasteiger partial charge in [0.1, 0.15) is 10.7 Å². The first-order chi connectivity index (χ1) is 18.7. The summed E-state index contributed by atoms with van der Waals surface area (Å²) in [6.07, 6.45) is 1.66. The number of imide groups is 1. The van der Waals surface area contributed by atoms with Gasteiger partial charge in [0.05, 0.1) is 17.9 Å². The van der Waals surface area contributed by atoms with Gasteiger partial charge in [0.25, 0.3) is 17.7 Å². The van der Waals surface area contributed by atoms with Gasteiger partial charge in [-0.25, -0.2) is 9.69 Å². The maximum Gasteiger partial charge on any atom is 0.338 e. The minimum absolute atomic E-state index is 0.132. The molecule has 0 aliphatic carbocycles. The fourth-order valence-corrected chi connectivity index (χ4v) is 4.18. The maximum absolute atomic E-state index is 13.2. The number of benzene rings is 3. The number of nitrogens with zero attached hydrogens (tertiary/aromatic N) is 1. The SMILES string of the molecule is CCCCOC(=O)c1ccc(N2C(=O)C(Cl)=C(Nc3cccc(C(=O)Nc4cc(Cl)ccc4C)c3)C2=O)cc1. The molecule has 0 atom stereocenters. The van der Waals surface area contributed by atoms with E-state index in [0.717, 1.165) is 23.3 Å². The summed E-state index contributed by atoms with van der Waals surface area (Å²) < 4.78 is 5.19. The van der Waals surface area contributed by atoms with Crippen LogP contribution in [-0.4, -0.2) is 30.3 Å². The van der Waals surface area contributed by atoms with E-state index in [1.807, 2.05) is 13.8 Å². The number of unbranched alkanes of at least 4 members (excludes halogenated alkanes) is 1. The molecule has 8 nitrogen and oxygen atoms in total. The number of carbonyl (C=O) groups excluding carboxylic acids is 4. The standard InChI is InChI=1S/C29H25Cl2N3O5/c1-3-4-14-39-29(38)18-9-12-22(13-10-18)34-27(36)24(31)25(28(34)37)32-21-7-5-6-19(15-21)26(35)33-23-16-20(30)11-8-17(23)2/h5-13,15-16,32H,3-4,14H2,1-2H3,(H,33,35). The van der Waals surface area contributed by atoms with E-state index in [9.17, 15) is 19.2 Å². The van der Waals surface area contributed by atoms with E-state index in [4.69, 9.17) is 27.9 Å². The lowest BCUT2D eigenvalue weighted by molar-refractivity contribution is -0.120. The minimum Gasteiger partial charge on any atom is -0.462 e. The van der Waals surface area contributed by atoms with E-state index in [2.05, 4.69) is 10.6 Å². The number of rotatable bonds is 9. The number of esters is 1. The van der Waals surface area contributed by atoms with Gasteiger partial charge in [-0.15, -0.1) is 0 Å². The zero-order chi connectivity index (χ0) is 28.1. The number of nitrogens with one attached hydrogen (secondary N) is 2. The molecule has 1 heterocycles. The second-order valence-electron chi connectivity index (χ2n) is 8.79. The molecule has 1 aliphatic rings. The smallest absolute Gasteiger partial charge is 0.338 e. The molecular formula is C29H25Cl2N3O5. The zero-order valence-electron chi connectivity index (χ0n) is 21.2. The van der Waals surface area contributed by atoms with Crippen LogP contribution >= 0.6 is 23.2 Å². The first-order valence-electron chi connectivity index (χ1n) is 12.2. The van der Waals surface area contributed by atoms with Gasteiger partial charge >= 0.3 is 5.97 Å². The summed E-state index contributed by atoms with van der Waals surface area (Å²) in [7, 11) is 0. The Balaban J connectivity index is 1.47. The zero-order valence-corrected chi connectivity index (χ0v) is 22.7. The van der Waals surface area contributed by atoms with Gasteiger partial charge in [0.2, 0.25) is 0 Å². The van der Waals surface area contributed by atoms with Gasteiger partial charge in [0.15, 0.2) is 0 Å². The minimum atomic E-state index is -0.715. The Morgan fingerprint density at radius 1 is 0.923 bits per heavy atom. The number of hydrogen-bond acceptors (Lipinski definition) is 6. The van der Waals surface area contributed by atoms with Crippen molar-refractivity contribution in [3.05, 3.63) is 99.2 Å². The van der Waals surface area contributed by atoms with Crippen molar-refractivity contribution in [3.63, 3.8) is 0 Å². The largest absolute Gasteiger partial charge is 0.462 e. The molecule has 4 rings (SSSR count). The van der Waals surface area contributed by atoms with E-state index >= 15 is 0 Å². The third-order valence-corrected chi connectivity index (χ3v) is 6.55. The highest BCUT2D eigenvalue weighted by molar-refractivity contribution is 6.53. The summed E-state index contributed by atoms with van der Waals surface area (Å²) in [4.78, 5) is 51.9. The fraction of sp³-hybridized carbons (Fsp3) is 0.172. The predicted molar refractivity (Wildman–Crippen MR) is 151 cm³/mol. The lowest BCUT2D eigenvalue weighted by Crippen LogP contribution is -2.32. The van der Waals surface area contributed by atoms with Crippen LogP contribution in [0.2, 0.25) is 5.02 Å². The van der Waals surface area contributed by atoms with Crippen LogP contribution in [0.5, 0.6) is 0 Å². The van der Waals surface area contributed by atoms with Crippen LogP contribution in [0.25, 0.3) is 0 Å². The summed E-state index contributed by atoms with van der Waals surface area (Å²) in [6.45, 7) is 4.16. The Morgan fingerprint density at radius 2 is 1.67 bits per heavy atom. The molecular weight excluding hydrogens is 541 g/mol. The summed E-state index contributed by atoms with van der Waals surface area (Å²) in [5.41, 5.74) is 2.52. The van der Waals surface area contributed by atoms with Crippen LogP contribution < -0.4 is 15.5 Å². The number of carbonyl (C=O) groups is 4. The second-order valence-corrected chi connectivity index (χ2v) is 9.60. The highest BCUT2D eigenvalue weighted by Crippen LogP contribution is 2.31. The average molecular weight is 566 g/mol. The topological polar surface area (TPSA) is 105 Å². The van der Waals surface area contributed by atoms with Gasteiger partial charge in [-0.3, -0.25) is 14.4 Å². The molecule has 39 heavy (non-hydrogen) atoms. The highest BCUT2D eigenvalue weighted by atomic mass is 35.5. The van der Waals surface area contributed by atoms with Crippen molar-refractivity contribution in [1.82, 2.24) is 0 Å². The Morgan fingerprint density at radius 3 is 2.38 bits per heavy atom. The van der Waals surface area contributed by atoms with Crippen molar-refractivity contribution in [3.8, 4) is 0 Å². The molecule has 3 amide bonds. The summed E-state index contributed by atoms with van der Waals surface area (Å²) in [5, 5.41) is 5.88. The molecule has 0 bridgehead atoms. The number of ether oxygens (including phenoxy) is 1. The Kier molecular flexibility index (Phi) is 8.69. The molecule has 10 heteroatoms. The molecule has 0 saturated carbocycles. The number of halogens is 2. The summed E-state index contributed by atoms with van der Waals surface area (Å²) in [5.74, 6) is -2.25. The quantitative estimate of drug-likeness (QED) is 0.179. The first kappa shape index (κ1) is 27.9. The van der Waals surface area contributed by atoms with Crippen LogP contribution in [0.4, 0.5) is 17.1 Å². The van der Waals surface area contributed by atoms with Gasteiger partial charge in [0, 0.05) is 22.0 Å². The van der Waals surface area contributed by atoms with Crippen LogP contribution in [0.15, 0.2) is 77.5 Å². The molecule has 0 spiro atoms. The molecule has 1 aliphatic heterocycles. The van der Waals surface area contributed by atoms with Gasteiger partial charge in [-0.05, 0) is 73.5 Å². The van der Waals surface area contributed by atoms with Crippen LogP contribution in [-0.2, 0) is 14.3 Å². The summed E-state index contributed by atoms with van der Waals surface area (Å²) >= 11 is 12.3. The number of aryl methyl sites for hydroxylation is 1. The fourth-order valence-electron chi connectivity index (χ4n) is 3.79. The molecule has 0 unspecified atom stereocenters. The van der Waals surface area contributed by atoms with E-state index in [-0.39, 0.29) is 22.3 Å². The normalized spacial score (nSPS) is 13.1.